The fourth-order valence-corrected chi connectivity index (χ4v) is 2.52. The van der Waals surface area contributed by atoms with Gasteiger partial charge in [-0.2, -0.15) is 0 Å². The minimum Gasteiger partial charge on any atom is -0.481 e. The van der Waals surface area contributed by atoms with E-state index >= 15 is 0 Å². The van der Waals surface area contributed by atoms with Crippen molar-refractivity contribution in [3.63, 3.8) is 0 Å². The van der Waals surface area contributed by atoms with Gasteiger partial charge in [-0.3, -0.25) is 9.59 Å². The van der Waals surface area contributed by atoms with Gasteiger partial charge in [0.05, 0.1) is 11.8 Å². The molecule has 1 heterocycles. The first-order valence-electron chi connectivity index (χ1n) is 7.06. The lowest BCUT2D eigenvalue weighted by molar-refractivity contribution is -0.139. The number of carbonyl (C=O) groups is 2. The summed E-state index contributed by atoms with van der Waals surface area (Å²) in [6, 6.07) is 5.30. The van der Waals surface area contributed by atoms with Crippen molar-refractivity contribution in [2.75, 3.05) is 5.32 Å². The molecule has 0 saturated heterocycles. The van der Waals surface area contributed by atoms with Gasteiger partial charge < -0.3 is 14.8 Å². The van der Waals surface area contributed by atoms with Gasteiger partial charge in [0.1, 0.15) is 5.52 Å². The lowest BCUT2D eigenvalue weighted by atomic mass is 10.2. The number of aromatic nitrogens is 1. The van der Waals surface area contributed by atoms with Gasteiger partial charge in [-0.1, -0.05) is 0 Å². The van der Waals surface area contributed by atoms with Gasteiger partial charge in [-0.25, -0.2) is 4.98 Å². The van der Waals surface area contributed by atoms with Crippen LogP contribution >= 0.6 is 0 Å². The van der Waals surface area contributed by atoms with Crippen molar-refractivity contribution in [1.29, 1.82) is 0 Å². The van der Waals surface area contributed by atoms with Crippen molar-refractivity contribution in [1.82, 2.24) is 4.98 Å². The summed E-state index contributed by atoms with van der Waals surface area (Å²) in [5.41, 5.74) is 2.06. The molecule has 2 unspecified atom stereocenters. The summed E-state index contributed by atoms with van der Waals surface area (Å²) in [5, 5.41) is 11.6. The number of carboxylic acid groups (broad SMARTS) is 1. The van der Waals surface area contributed by atoms with Crippen LogP contribution in [0, 0.1) is 11.8 Å². The number of aliphatic carboxylic acids is 1. The van der Waals surface area contributed by atoms with E-state index < -0.39 is 17.8 Å². The van der Waals surface area contributed by atoms with E-state index in [1.807, 2.05) is 0 Å². The Balaban J connectivity index is 1.51. The molecule has 0 aliphatic heterocycles. The third kappa shape index (κ3) is 2.26. The average molecular weight is 286 g/mol. The predicted molar refractivity (Wildman–Crippen MR) is 73.8 cm³/mol. The van der Waals surface area contributed by atoms with E-state index in [0.717, 1.165) is 24.2 Å². The number of nitrogens with zero attached hydrogens (tertiary/aromatic N) is 1. The maximum absolute atomic E-state index is 11.9. The average Bonchev–Trinajstić information content (AvgIpc) is 3.33. The van der Waals surface area contributed by atoms with Gasteiger partial charge in [0.25, 0.3) is 0 Å². The SMILES string of the molecule is O=C(O)C1CC1C(=O)Nc1ccc2oc(C3CC3)nc2c1. The minimum atomic E-state index is -0.906. The molecule has 1 aromatic carbocycles. The van der Waals surface area contributed by atoms with Crippen LogP contribution in [0.5, 0.6) is 0 Å². The molecule has 0 spiro atoms. The number of hydrogen-bond donors (Lipinski definition) is 2. The molecule has 2 N–H and O–H groups in total. The Kier molecular flexibility index (Phi) is 2.54. The van der Waals surface area contributed by atoms with Gasteiger partial charge in [0.15, 0.2) is 11.5 Å². The molecule has 2 aromatic rings. The van der Waals surface area contributed by atoms with Crippen molar-refractivity contribution >= 4 is 28.7 Å². The maximum atomic E-state index is 11.9. The molecule has 2 aliphatic carbocycles. The highest BCUT2D eigenvalue weighted by Gasteiger charge is 2.48. The number of fused-ring (bicyclic) bond motifs is 1. The molecule has 1 aromatic heterocycles. The van der Waals surface area contributed by atoms with Crippen LogP contribution < -0.4 is 5.32 Å². The Bertz CT molecular complexity index is 747. The molecular weight excluding hydrogens is 272 g/mol. The van der Waals surface area contributed by atoms with E-state index in [2.05, 4.69) is 10.3 Å². The molecule has 4 rings (SSSR count). The monoisotopic (exact) mass is 286 g/mol. The summed E-state index contributed by atoms with van der Waals surface area (Å²) in [5.74, 6) is -0.900. The molecule has 108 valence electrons. The molecule has 1 amide bonds. The van der Waals surface area contributed by atoms with Crippen LogP contribution in [0.4, 0.5) is 5.69 Å². The summed E-state index contributed by atoms with van der Waals surface area (Å²) in [6.07, 6.45) is 2.66. The highest BCUT2D eigenvalue weighted by Crippen LogP contribution is 2.41. The summed E-state index contributed by atoms with van der Waals surface area (Å²) in [6.45, 7) is 0. The lowest BCUT2D eigenvalue weighted by Crippen LogP contribution is -2.16. The zero-order chi connectivity index (χ0) is 14.6. The molecule has 21 heavy (non-hydrogen) atoms. The Morgan fingerprint density at radius 3 is 2.76 bits per heavy atom. The number of hydrogen-bond acceptors (Lipinski definition) is 4. The van der Waals surface area contributed by atoms with Crippen LogP contribution in [0.3, 0.4) is 0 Å². The molecule has 6 heteroatoms. The van der Waals surface area contributed by atoms with Crippen molar-refractivity contribution in [3.8, 4) is 0 Å². The van der Waals surface area contributed by atoms with Crippen LogP contribution in [0.25, 0.3) is 11.1 Å². The number of nitrogens with one attached hydrogen (secondary N) is 1. The number of carbonyl (C=O) groups excluding carboxylic acids is 1. The van der Waals surface area contributed by atoms with E-state index in [-0.39, 0.29) is 5.91 Å². The summed E-state index contributed by atoms with van der Waals surface area (Å²) in [4.78, 5) is 27.1. The van der Waals surface area contributed by atoms with E-state index in [4.69, 9.17) is 9.52 Å². The summed E-state index contributed by atoms with van der Waals surface area (Å²) < 4.78 is 5.66. The normalized spacial score (nSPS) is 24.0. The number of carboxylic acids is 1. The highest BCUT2D eigenvalue weighted by atomic mass is 16.4. The van der Waals surface area contributed by atoms with Crippen LogP contribution in [0.15, 0.2) is 22.6 Å². The van der Waals surface area contributed by atoms with E-state index in [9.17, 15) is 9.59 Å². The van der Waals surface area contributed by atoms with Gasteiger partial charge in [0, 0.05) is 11.6 Å². The first-order valence-corrected chi connectivity index (χ1v) is 7.06. The number of rotatable bonds is 4. The van der Waals surface area contributed by atoms with Gasteiger partial charge in [-0.15, -0.1) is 0 Å². The molecule has 2 atom stereocenters. The molecular formula is C15H14N2O4. The van der Waals surface area contributed by atoms with Crippen LogP contribution in [-0.2, 0) is 9.59 Å². The van der Waals surface area contributed by atoms with E-state index in [0.29, 0.717) is 23.6 Å². The quantitative estimate of drug-likeness (QED) is 0.900. The van der Waals surface area contributed by atoms with Crippen LogP contribution in [0.1, 0.15) is 31.1 Å². The fraction of sp³-hybridized carbons (Fsp3) is 0.400. The lowest BCUT2D eigenvalue weighted by Gasteiger charge is -2.03. The van der Waals surface area contributed by atoms with Crippen molar-refractivity contribution in [3.05, 3.63) is 24.1 Å². The second-order valence-electron chi connectivity index (χ2n) is 5.79. The molecule has 0 radical (unpaired) electrons. The largest absolute Gasteiger partial charge is 0.481 e. The zero-order valence-electron chi connectivity index (χ0n) is 11.2. The second-order valence-corrected chi connectivity index (χ2v) is 5.79. The first kappa shape index (κ1) is 12.4. The maximum Gasteiger partial charge on any atom is 0.307 e. The van der Waals surface area contributed by atoms with Crippen LogP contribution in [0.2, 0.25) is 0 Å². The predicted octanol–water partition coefficient (Wildman–Crippen LogP) is 2.36. The molecule has 0 bridgehead atoms. The Morgan fingerprint density at radius 1 is 1.29 bits per heavy atom. The van der Waals surface area contributed by atoms with Gasteiger partial charge in [0.2, 0.25) is 5.91 Å². The Labute approximate surface area is 120 Å². The van der Waals surface area contributed by atoms with Crippen LogP contribution in [-0.4, -0.2) is 22.0 Å². The summed E-state index contributed by atoms with van der Waals surface area (Å²) >= 11 is 0. The number of amides is 1. The highest BCUT2D eigenvalue weighted by molar-refractivity contribution is 5.99. The Morgan fingerprint density at radius 2 is 2.10 bits per heavy atom. The summed E-state index contributed by atoms with van der Waals surface area (Å²) in [7, 11) is 0. The minimum absolute atomic E-state index is 0.243. The van der Waals surface area contributed by atoms with Crippen molar-refractivity contribution < 1.29 is 19.1 Å². The Hall–Kier alpha value is -2.37. The van der Waals surface area contributed by atoms with Gasteiger partial charge >= 0.3 is 5.97 Å². The molecule has 2 saturated carbocycles. The zero-order valence-corrected chi connectivity index (χ0v) is 11.2. The standard InChI is InChI=1S/C15H14N2O4/c18-13(9-6-10(9)15(19)20)16-8-3-4-12-11(5-8)17-14(21-12)7-1-2-7/h3-5,7,9-10H,1-2,6H2,(H,16,18)(H,19,20). The van der Waals surface area contributed by atoms with Crippen molar-refractivity contribution in [2.24, 2.45) is 11.8 Å². The van der Waals surface area contributed by atoms with E-state index in [1.165, 1.54) is 0 Å². The smallest absolute Gasteiger partial charge is 0.307 e. The van der Waals surface area contributed by atoms with Gasteiger partial charge in [-0.05, 0) is 37.5 Å². The molecule has 2 aliphatic rings. The topological polar surface area (TPSA) is 92.4 Å². The third-order valence-electron chi connectivity index (χ3n) is 4.04. The fourth-order valence-electron chi connectivity index (χ4n) is 2.52. The number of oxazole rings is 1. The third-order valence-corrected chi connectivity index (χ3v) is 4.04. The molecule has 6 nitrogen and oxygen atoms in total. The molecule has 2 fully saturated rings. The van der Waals surface area contributed by atoms with E-state index in [1.54, 1.807) is 18.2 Å². The van der Waals surface area contributed by atoms with Crippen molar-refractivity contribution in [2.45, 2.75) is 25.2 Å². The first-order chi connectivity index (χ1) is 10.1. The number of anilines is 1. The number of benzene rings is 1. The second kappa shape index (κ2) is 4.31.